The molecule has 8 heteroatoms. The second-order valence-corrected chi connectivity index (χ2v) is 8.98. The number of carbonyl (C=O) groups is 2. The average molecular weight is 490 g/mol. The molecule has 1 N–H and O–H groups in total. The number of nitrogens with one attached hydrogen (secondary N) is 1. The smallest absolute Gasteiger partial charge is 0.293 e. The predicted octanol–water partition coefficient (Wildman–Crippen LogP) is 5.20. The van der Waals surface area contributed by atoms with Crippen molar-refractivity contribution in [2.24, 2.45) is 0 Å². The number of anilines is 1. The highest BCUT2D eigenvalue weighted by molar-refractivity contribution is 7.14. The SMILES string of the molecule is COc1ccccc1CC(C)N(Cc1ccccc1)C(=O)Cc1csc(NC(=O)c2ccco2)n1. The Morgan fingerprint density at radius 2 is 1.86 bits per heavy atom. The van der Waals surface area contributed by atoms with E-state index in [1.54, 1.807) is 24.6 Å². The Balaban J connectivity index is 1.48. The lowest BCUT2D eigenvalue weighted by atomic mass is 10.0. The fourth-order valence-corrected chi connectivity index (χ4v) is 4.54. The monoisotopic (exact) mass is 489 g/mol. The molecular formula is C27H27N3O4S. The van der Waals surface area contributed by atoms with Gasteiger partial charge >= 0.3 is 0 Å². The summed E-state index contributed by atoms with van der Waals surface area (Å²) in [6.07, 6.45) is 2.23. The van der Waals surface area contributed by atoms with Crippen LogP contribution >= 0.6 is 11.3 Å². The fourth-order valence-electron chi connectivity index (χ4n) is 3.84. The minimum atomic E-state index is -0.377. The van der Waals surface area contributed by atoms with E-state index >= 15 is 0 Å². The van der Waals surface area contributed by atoms with Crippen molar-refractivity contribution < 1.29 is 18.7 Å². The van der Waals surface area contributed by atoms with Crippen LogP contribution in [0.5, 0.6) is 5.75 Å². The van der Waals surface area contributed by atoms with E-state index in [9.17, 15) is 9.59 Å². The molecule has 1 atom stereocenters. The number of benzene rings is 2. The van der Waals surface area contributed by atoms with Gasteiger partial charge in [-0.2, -0.15) is 0 Å². The van der Waals surface area contributed by atoms with E-state index in [-0.39, 0.29) is 30.0 Å². The molecule has 2 aromatic heterocycles. The third kappa shape index (κ3) is 6.36. The second-order valence-electron chi connectivity index (χ2n) is 8.12. The number of aromatic nitrogens is 1. The summed E-state index contributed by atoms with van der Waals surface area (Å²) in [6.45, 7) is 2.53. The zero-order valence-corrected chi connectivity index (χ0v) is 20.5. The molecule has 4 aromatic rings. The lowest BCUT2D eigenvalue weighted by Crippen LogP contribution is -2.40. The number of ether oxygens (including phenoxy) is 1. The van der Waals surface area contributed by atoms with Crippen LogP contribution in [0, 0.1) is 0 Å². The molecule has 2 aromatic carbocycles. The molecule has 0 saturated carbocycles. The largest absolute Gasteiger partial charge is 0.496 e. The van der Waals surface area contributed by atoms with Gasteiger partial charge in [-0.15, -0.1) is 11.3 Å². The molecule has 4 rings (SSSR count). The number of hydrogen-bond donors (Lipinski definition) is 1. The molecular weight excluding hydrogens is 462 g/mol. The van der Waals surface area contributed by atoms with E-state index in [0.717, 1.165) is 16.9 Å². The number of hydrogen-bond acceptors (Lipinski definition) is 6. The Labute approximate surface area is 208 Å². The summed E-state index contributed by atoms with van der Waals surface area (Å²) in [6, 6.07) is 20.9. The molecule has 0 saturated heterocycles. The number of rotatable bonds is 10. The summed E-state index contributed by atoms with van der Waals surface area (Å²) in [5.41, 5.74) is 2.71. The predicted molar refractivity (Wildman–Crippen MR) is 136 cm³/mol. The van der Waals surface area contributed by atoms with Crippen molar-refractivity contribution in [1.82, 2.24) is 9.88 Å². The van der Waals surface area contributed by atoms with Crippen LogP contribution in [0.3, 0.4) is 0 Å². The van der Waals surface area contributed by atoms with E-state index in [2.05, 4.69) is 10.3 Å². The van der Waals surface area contributed by atoms with Crippen LogP contribution in [-0.4, -0.2) is 34.8 Å². The van der Waals surface area contributed by atoms with E-state index in [0.29, 0.717) is 23.8 Å². The molecule has 0 fully saturated rings. The molecule has 0 bridgehead atoms. The maximum Gasteiger partial charge on any atom is 0.293 e. The number of furan rings is 1. The van der Waals surface area contributed by atoms with Crippen LogP contribution in [0.25, 0.3) is 0 Å². The van der Waals surface area contributed by atoms with Crippen molar-refractivity contribution >= 4 is 28.3 Å². The molecule has 2 heterocycles. The van der Waals surface area contributed by atoms with E-state index in [1.807, 2.05) is 66.4 Å². The normalized spacial score (nSPS) is 11.6. The Morgan fingerprint density at radius 3 is 2.60 bits per heavy atom. The van der Waals surface area contributed by atoms with Crippen molar-refractivity contribution in [3.63, 3.8) is 0 Å². The summed E-state index contributed by atoms with van der Waals surface area (Å²) in [5, 5.41) is 4.93. The Kier molecular flexibility index (Phi) is 7.95. The number of amides is 2. The van der Waals surface area contributed by atoms with E-state index in [1.165, 1.54) is 17.6 Å². The minimum absolute atomic E-state index is 0.0366. The van der Waals surface area contributed by atoms with Gasteiger partial charge in [0.25, 0.3) is 5.91 Å². The summed E-state index contributed by atoms with van der Waals surface area (Å²) < 4.78 is 10.6. The first-order chi connectivity index (χ1) is 17.0. The van der Waals surface area contributed by atoms with Crippen LogP contribution in [-0.2, 0) is 24.2 Å². The standard InChI is InChI=1S/C27H27N3O4S/c1-19(15-21-11-6-7-12-23(21)33-2)30(17-20-9-4-3-5-10-20)25(31)16-22-18-35-27(28-22)29-26(32)24-13-8-14-34-24/h3-14,18-19H,15-17H2,1-2H3,(H,28,29,32). The molecule has 7 nitrogen and oxygen atoms in total. The van der Waals surface area contributed by atoms with Crippen molar-refractivity contribution in [1.29, 1.82) is 0 Å². The topological polar surface area (TPSA) is 84.7 Å². The average Bonchev–Trinajstić information content (AvgIpc) is 3.56. The van der Waals surface area contributed by atoms with Crippen LogP contribution in [0.15, 0.2) is 82.8 Å². The first-order valence-corrected chi connectivity index (χ1v) is 12.2. The summed E-state index contributed by atoms with van der Waals surface area (Å²) >= 11 is 1.28. The van der Waals surface area contributed by atoms with Gasteiger partial charge in [-0.3, -0.25) is 14.9 Å². The molecule has 0 aliphatic heterocycles. The number of thiazole rings is 1. The Hall–Kier alpha value is -3.91. The lowest BCUT2D eigenvalue weighted by molar-refractivity contribution is -0.133. The molecule has 35 heavy (non-hydrogen) atoms. The maximum absolute atomic E-state index is 13.5. The number of nitrogens with zero attached hydrogens (tertiary/aromatic N) is 2. The van der Waals surface area contributed by atoms with Crippen molar-refractivity contribution in [3.05, 3.63) is 101 Å². The molecule has 180 valence electrons. The van der Waals surface area contributed by atoms with Gasteiger partial charge in [0.2, 0.25) is 5.91 Å². The summed E-state index contributed by atoms with van der Waals surface area (Å²) in [7, 11) is 1.65. The summed E-state index contributed by atoms with van der Waals surface area (Å²) in [5.74, 6) is 0.601. The van der Waals surface area contributed by atoms with E-state index in [4.69, 9.17) is 9.15 Å². The molecule has 2 amide bonds. The highest BCUT2D eigenvalue weighted by Gasteiger charge is 2.23. The van der Waals surface area contributed by atoms with Gasteiger partial charge in [-0.1, -0.05) is 48.5 Å². The first kappa shape index (κ1) is 24.2. The second kappa shape index (κ2) is 11.5. The van der Waals surface area contributed by atoms with Gasteiger partial charge in [0, 0.05) is 18.0 Å². The molecule has 1 unspecified atom stereocenters. The lowest BCUT2D eigenvalue weighted by Gasteiger charge is -2.30. The molecule has 0 aliphatic rings. The molecule has 0 spiro atoms. The van der Waals surface area contributed by atoms with Gasteiger partial charge in [0.05, 0.1) is 25.5 Å². The van der Waals surface area contributed by atoms with Gasteiger partial charge in [0.15, 0.2) is 10.9 Å². The zero-order chi connectivity index (χ0) is 24.6. The van der Waals surface area contributed by atoms with Crippen molar-refractivity contribution in [2.45, 2.75) is 32.4 Å². The van der Waals surface area contributed by atoms with E-state index < -0.39 is 0 Å². The number of carbonyl (C=O) groups excluding carboxylic acids is 2. The third-order valence-electron chi connectivity index (χ3n) is 5.61. The maximum atomic E-state index is 13.5. The highest BCUT2D eigenvalue weighted by atomic mass is 32.1. The quantitative estimate of drug-likeness (QED) is 0.331. The first-order valence-electron chi connectivity index (χ1n) is 11.3. The Morgan fingerprint density at radius 1 is 1.09 bits per heavy atom. The number of para-hydroxylation sites is 1. The summed E-state index contributed by atoms with van der Waals surface area (Å²) in [4.78, 5) is 32.0. The molecule has 0 radical (unpaired) electrons. The van der Waals surface area contributed by atoms with Crippen LogP contribution < -0.4 is 10.1 Å². The molecule has 0 aliphatic carbocycles. The van der Waals surface area contributed by atoms with Crippen LogP contribution in [0.4, 0.5) is 5.13 Å². The zero-order valence-electron chi connectivity index (χ0n) is 19.6. The van der Waals surface area contributed by atoms with Gasteiger partial charge in [0.1, 0.15) is 5.75 Å². The van der Waals surface area contributed by atoms with Crippen molar-refractivity contribution in [2.75, 3.05) is 12.4 Å². The van der Waals surface area contributed by atoms with Crippen LogP contribution in [0.2, 0.25) is 0 Å². The highest BCUT2D eigenvalue weighted by Crippen LogP contribution is 2.23. The Bertz CT molecular complexity index is 1250. The number of methoxy groups -OCH3 is 1. The van der Waals surface area contributed by atoms with Crippen molar-refractivity contribution in [3.8, 4) is 5.75 Å². The fraction of sp³-hybridized carbons (Fsp3) is 0.222. The van der Waals surface area contributed by atoms with Crippen LogP contribution in [0.1, 0.15) is 34.3 Å². The minimum Gasteiger partial charge on any atom is -0.496 e. The van der Waals surface area contributed by atoms with Gasteiger partial charge in [-0.25, -0.2) is 4.98 Å². The van der Waals surface area contributed by atoms with Gasteiger partial charge < -0.3 is 14.1 Å². The third-order valence-corrected chi connectivity index (χ3v) is 6.41. The van der Waals surface area contributed by atoms with Gasteiger partial charge in [-0.05, 0) is 42.7 Å².